The molecule has 0 saturated carbocycles. The van der Waals surface area contributed by atoms with Crippen LogP contribution in [0.4, 0.5) is 21.7 Å². The third-order valence-electron chi connectivity index (χ3n) is 5.09. The highest BCUT2D eigenvalue weighted by molar-refractivity contribution is 6.33. The Bertz CT molecular complexity index is 1270. The molecule has 8 heteroatoms. The van der Waals surface area contributed by atoms with Gasteiger partial charge in [-0.25, -0.2) is 9.37 Å². The van der Waals surface area contributed by atoms with Crippen LogP contribution < -0.4 is 19.7 Å². The number of halogens is 2. The van der Waals surface area contributed by atoms with Crippen LogP contribution in [-0.2, 0) is 0 Å². The maximum absolute atomic E-state index is 14.9. The highest BCUT2D eigenvalue weighted by Gasteiger charge is 2.22. The van der Waals surface area contributed by atoms with Gasteiger partial charge >= 0.3 is 0 Å². The van der Waals surface area contributed by atoms with Crippen LogP contribution in [-0.4, -0.2) is 36.7 Å². The van der Waals surface area contributed by atoms with Crippen molar-refractivity contribution in [1.29, 1.82) is 0 Å². The van der Waals surface area contributed by atoms with E-state index in [1.54, 1.807) is 12.1 Å². The molecule has 0 saturated heterocycles. The number of benzene rings is 2. The summed E-state index contributed by atoms with van der Waals surface area (Å²) in [5.41, 5.74) is 2.10. The first-order chi connectivity index (χ1) is 15.0. The minimum Gasteiger partial charge on any atom is -0.486 e. The smallest absolute Gasteiger partial charge is 0.163 e. The molecule has 0 amide bonds. The van der Waals surface area contributed by atoms with Gasteiger partial charge in [-0.3, -0.25) is 4.40 Å². The molecule has 0 unspecified atom stereocenters. The number of pyridine rings is 1. The molecule has 0 fully saturated rings. The molecular weight excluding hydrogens is 419 g/mol. The second-order valence-corrected chi connectivity index (χ2v) is 7.77. The summed E-state index contributed by atoms with van der Waals surface area (Å²) in [4.78, 5) is 6.69. The molecule has 31 heavy (non-hydrogen) atoms. The lowest BCUT2D eigenvalue weighted by molar-refractivity contribution is 0.171. The van der Waals surface area contributed by atoms with Gasteiger partial charge in [0.25, 0.3) is 0 Å². The monoisotopic (exact) mass is 438 g/mol. The fourth-order valence-corrected chi connectivity index (χ4v) is 3.95. The first kappa shape index (κ1) is 19.5. The predicted octanol–water partition coefficient (Wildman–Crippen LogP) is 5.37. The standard InChI is InChI=1S/C23H20ClFN4O2/c1-28(2)20-8-4-7-19-27-22(21-15(24)5-3-6-16(21)25)23(29(19)20)26-14-9-10-17-18(13-14)31-12-11-30-17/h3-10,13,26H,11-12H2,1-2H3. The number of imidazole rings is 1. The molecule has 2 aromatic heterocycles. The number of rotatable bonds is 4. The topological polar surface area (TPSA) is 51.0 Å². The van der Waals surface area contributed by atoms with Gasteiger partial charge in [-0.05, 0) is 36.4 Å². The first-order valence-electron chi connectivity index (χ1n) is 9.83. The largest absolute Gasteiger partial charge is 0.486 e. The van der Waals surface area contributed by atoms with E-state index in [1.165, 1.54) is 6.07 Å². The Morgan fingerprint density at radius 2 is 1.81 bits per heavy atom. The summed E-state index contributed by atoms with van der Waals surface area (Å²) in [5, 5.41) is 3.70. The Morgan fingerprint density at radius 3 is 2.58 bits per heavy atom. The Balaban J connectivity index is 1.73. The van der Waals surface area contributed by atoms with Crippen LogP contribution >= 0.6 is 11.6 Å². The van der Waals surface area contributed by atoms with Crippen molar-refractivity contribution in [3.63, 3.8) is 0 Å². The second kappa shape index (κ2) is 7.67. The van der Waals surface area contributed by atoms with E-state index in [4.69, 9.17) is 26.1 Å². The SMILES string of the molecule is CN(C)c1cccc2nc(-c3c(F)cccc3Cl)c(Nc3ccc4c(c3)OCCO4)n12. The van der Waals surface area contributed by atoms with Crippen LogP contribution in [0.2, 0.25) is 5.02 Å². The van der Waals surface area contributed by atoms with Crippen molar-refractivity contribution < 1.29 is 13.9 Å². The van der Waals surface area contributed by atoms with E-state index in [1.807, 2.05) is 59.8 Å². The lowest BCUT2D eigenvalue weighted by atomic mass is 10.1. The van der Waals surface area contributed by atoms with E-state index >= 15 is 0 Å². The molecule has 0 aliphatic carbocycles. The maximum Gasteiger partial charge on any atom is 0.163 e. The fraction of sp³-hybridized carbons (Fsp3) is 0.174. The number of fused-ring (bicyclic) bond motifs is 2. The molecule has 0 atom stereocenters. The molecule has 4 aromatic rings. The molecule has 3 heterocycles. The Labute approximate surface area is 183 Å². The van der Waals surface area contributed by atoms with Gasteiger partial charge in [0.2, 0.25) is 0 Å². The summed E-state index contributed by atoms with van der Waals surface area (Å²) in [6.45, 7) is 1.02. The average molecular weight is 439 g/mol. The molecule has 0 radical (unpaired) electrons. The van der Waals surface area contributed by atoms with E-state index in [-0.39, 0.29) is 5.56 Å². The lowest BCUT2D eigenvalue weighted by Crippen LogP contribution is -2.15. The molecule has 0 spiro atoms. The Hall–Kier alpha value is -3.45. The number of nitrogens with one attached hydrogen (secondary N) is 1. The summed E-state index contributed by atoms with van der Waals surface area (Å²) >= 11 is 6.40. The van der Waals surface area contributed by atoms with Crippen LogP contribution in [0.5, 0.6) is 11.5 Å². The van der Waals surface area contributed by atoms with Gasteiger partial charge in [0.05, 0.1) is 10.6 Å². The highest BCUT2D eigenvalue weighted by atomic mass is 35.5. The van der Waals surface area contributed by atoms with E-state index in [0.29, 0.717) is 46.9 Å². The summed E-state index contributed by atoms with van der Waals surface area (Å²) < 4.78 is 28.1. The number of hydrogen-bond donors (Lipinski definition) is 1. The van der Waals surface area contributed by atoms with Crippen molar-refractivity contribution in [3.05, 3.63) is 65.4 Å². The average Bonchev–Trinajstić information content (AvgIpc) is 3.11. The lowest BCUT2D eigenvalue weighted by Gasteiger charge is -2.20. The molecule has 0 bridgehead atoms. The van der Waals surface area contributed by atoms with E-state index in [9.17, 15) is 4.39 Å². The minimum absolute atomic E-state index is 0.248. The van der Waals surface area contributed by atoms with Gasteiger partial charge in [0.1, 0.15) is 42.0 Å². The molecular formula is C23H20ClFN4O2. The summed E-state index contributed by atoms with van der Waals surface area (Å²) in [7, 11) is 3.89. The normalized spacial score (nSPS) is 12.8. The number of hydrogen-bond acceptors (Lipinski definition) is 5. The van der Waals surface area contributed by atoms with Gasteiger partial charge < -0.3 is 19.7 Å². The Kier molecular flexibility index (Phi) is 4.82. The Morgan fingerprint density at radius 1 is 1.03 bits per heavy atom. The van der Waals surface area contributed by atoms with Gasteiger partial charge in [-0.1, -0.05) is 23.7 Å². The van der Waals surface area contributed by atoms with Gasteiger partial charge in [0.15, 0.2) is 11.5 Å². The number of anilines is 3. The van der Waals surface area contributed by atoms with Crippen molar-refractivity contribution in [2.45, 2.75) is 0 Å². The van der Waals surface area contributed by atoms with E-state index < -0.39 is 5.82 Å². The zero-order valence-corrected chi connectivity index (χ0v) is 17.8. The predicted molar refractivity (Wildman–Crippen MR) is 121 cm³/mol. The quantitative estimate of drug-likeness (QED) is 0.464. The third kappa shape index (κ3) is 3.41. The summed E-state index contributed by atoms with van der Waals surface area (Å²) in [5.74, 6) is 2.39. The zero-order valence-electron chi connectivity index (χ0n) is 17.0. The van der Waals surface area contributed by atoms with Gasteiger partial charge in [-0.15, -0.1) is 0 Å². The molecule has 2 aromatic carbocycles. The molecule has 1 aliphatic rings. The highest BCUT2D eigenvalue weighted by Crippen LogP contribution is 2.40. The van der Waals surface area contributed by atoms with Crippen molar-refractivity contribution in [2.24, 2.45) is 0 Å². The first-order valence-corrected chi connectivity index (χ1v) is 10.2. The van der Waals surface area contributed by atoms with Crippen LogP contribution in [0, 0.1) is 5.82 Å². The van der Waals surface area contributed by atoms with Crippen molar-refractivity contribution in [1.82, 2.24) is 9.38 Å². The molecule has 158 valence electrons. The van der Waals surface area contributed by atoms with Gasteiger partial charge in [0, 0.05) is 25.8 Å². The number of ether oxygens (including phenoxy) is 2. The maximum atomic E-state index is 14.9. The van der Waals surface area contributed by atoms with Crippen molar-refractivity contribution >= 4 is 34.6 Å². The van der Waals surface area contributed by atoms with Crippen LogP contribution in [0.3, 0.4) is 0 Å². The zero-order chi connectivity index (χ0) is 21.5. The summed E-state index contributed by atoms with van der Waals surface area (Å²) in [6, 6.07) is 16.0. The number of aromatic nitrogens is 2. The molecule has 5 rings (SSSR count). The summed E-state index contributed by atoms with van der Waals surface area (Å²) in [6.07, 6.45) is 0. The minimum atomic E-state index is -0.437. The van der Waals surface area contributed by atoms with E-state index in [0.717, 1.165) is 11.5 Å². The van der Waals surface area contributed by atoms with Gasteiger partial charge in [-0.2, -0.15) is 0 Å². The van der Waals surface area contributed by atoms with Crippen molar-refractivity contribution in [2.75, 3.05) is 37.5 Å². The van der Waals surface area contributed by atoms with Crippen LogP contribution in [0.25, 0.3) is 16.9 Å². The molecule has 1 aliphatic heterocycles. The second-order valence-electron chi connectivity index (χ2n) is 7.36. The van der Waals surface area contributed by atoms with Crippen LogP contribution in [0.1, 0.15) is 0 Å². The van der Waals surface area contributed by atoms with E-state index in [2.05, 4.69) is 5.32 Å². The fourth-order valence-electron chi connectivity index (χ4n) is 3.70. The number of nitrogens with zero attached hydrogens (tertiary/aromatic N) is 3. The molecule has 1 N–H and O–H groups in total. The third-order valence-corrected chi connectivity index (χ3v) is 5.40. The van der Waals surface area contributed by atoms with Crippen LogP contribution in [0.15, 0.2) is 54.6 Å². The molecule has 6 nitrogen and oxygen atoms in total. The van der Waals surface area contributed by atoms with Crippen molar-refractivity contribution in [3.8, 4) is 22.8 Å².